The number of ether oxygens (including phenoxy) is 1. The average molecular weight is 348 g/mol. The fraction of sp³-hybridized carbons (Fsp3) is 0.333. The summed E-state index contributed by atoms with van der Waals surface area (Å²) in [7, 11) is 0. The lowest BCUT2D eigenvalue weighted by Crippen LogP contribution is -2.36. The van der Waals surface area contributed by atoms with E-state index in [0.29, 0.717) is 13.2 Å². The third-order valence-corrected chi connectivity index (χ3v) is 4.65. The van der Waals surface area contributed by atoms with Crippen LogP contribution in [0.5, 0.6) is 5.75 Å². The Hall–Kier alpha value is -1.32. The van der Waals surface area contributed by atoms with Gasteiger partial charge in [-0.15, -0.1) is 0 Å². The first-order chi connectivity index (χ1) is 10.2. The quantitative estimate of drug-likeness (QED) is 0.798. The normalized spacial score (nSPS) is 13.7. The van der Waals surface area contributed by atoms with Crippen LogP contribution < -0.4 is 10.5 Å². The van der Waals surface area contributed by atoms with E-state index < -0.39 is 0 Å². The van der Waals surface area contributed by atoms with Crippen molar-refractivity contribution >= 4 is 15.9 Å². The molecule has 3 heteroatoms. The third-order valence-electron chi connectivity index (χ3n) is 4.12. The predicted octanol–water partition coefficient (Wildman–Crippen LogP) is 4.52. The topological polar surface area (TPSA) is 35.2 Å². The molecule has 112 valence electrons. The Morgan fingerprint density at radius 1 is 1.05 bits per heavy atom. The molecule has 0 heterocycles. The van der Waals surface area contributed by atoms with Gasteiger partial charge in [-0.05, 0) is 42.7 Å². The van der Waals surface area contributed by atoms with Crippen LogP contribution in [0.15, 0.2) is 59.1 Å². The lowest BCUT2D eigenvalue weighted by atomic mass is 9.75. The molecule has 0 spiro atoms. The molecule has 0 radical (unpaired) electrons. The van der Waals surface area contributed by atoms with Gasteiger partial charge in [-0.25, -0.2) is 0 Å². The van der Waals surface area contributed by atoms with Crippen molar-refractivity contribution in [3.63, 3.8) is 0 Å². The molecular weight excluding hydrogens is 326 g/mol. The number of hydrogen-bond acceptors (Lipinski definition) is 2. The minimum Gasteiger partial charge on any atom is -0.494 e. The number of benzene rings is 2. The number of nitrogens with two attached hydrogens (primary N) is 1. The van der Waals surface area contributed by atoms with E-state index in [-0.39, 0.29) is 5.41 Å². The van der Waals surface area contributed by atoms with Gasteiger partial charge in [0.2, 0.25) is 0 Å². The molecule has 1 atom stereocenters. The summed E-state index contributed by atoms with van der Waals surface area (Å²) in [5.74, 6) is 0.897. The maximum atomic E-state index is 6.09. The number of hydrogen-bond donors (Lipinski definition) is 1. The lowest BCUT2D eigenvalue weighted by Gasteiger charge is -2.32. The molecule has 0 aliphatic carbocycles. The van der Waals surface area contributed by atoms with Gasteiger partial charge in [-0.1, -0.05) is 53.2 Å². The molecule has 2 nitrogen and oxygen atoms in total. The van der Waals surface area contributed by atoms with Gasteiger partial charge in [0.1, 0.15) is 5.75 Å². The summed E-state index contributed by atoms with van der Waals surface area (Å²) in [4.78, 5) is 0. The van der Waals surface area contributed by atoms with Crippen molar-refractivity contribution < 1.29 is 4.74 Å². The minimum atomic E-state index is -0.00335. The molecule has 0 saturated carbocycles. The van der Waals surface area contributed by atoms with Crippen LogP contribution in [0.1, 0.15) is 25.3 Å². The van der Waals surface area contributed by atoms with E-state index in [1.807, 2.05) is 30.3 Å². The fourth-order valence-electron chi connectivity index (χ4n) is 2.58. The van der Waals surface area contributed by atoms with E-state index in [0.717, 1.165) is 23.1 Å². The van der Waals surface area contributed by atoms with Gasteiger partial charge in [-0.3, -0.25) is 0 Å². The number of rotatable bonds is 7. The second kappa shape index (κ2) is 7.62. The van der Waals surface area contributed by atoms with Crippen molar-refractivity contribution in [2.75, 3.05) is 13.2 Å². The van der Waals surface area contributed by atoms with E-state index in [1.165, 1.54) is 5.56 Å². The maximum absolute atomic E-state index is 6.09. The summed E-state index contributed by atoms with van der Waals surface area (Å²) in [5.41, 5.74) is 7.38. The van der Waals surface area contributed by atoms with Gasteiger partial charge in [0.05, 0.1) is 6.61 Å². The molecule has 2 aromatic carbocycles. The molecule has 2 rings (SSSR count). The van der Waals surface area contributed by atoms with Crippen LogP contribution in [0.2, 0.25) is 0 Å². The van der Waals surface area contributed by atoms with Crippen molar-refractivity contribution in [2.24, 2.45) is 5.73 Å². The van der Waals surface area contributed by atoms with Crippen molar-refractivity contribution in [1.29, 1.82) is 0 Å². The zero-order chi connectivity index (χ0) is 15.1. The lowest BCUT2D eigenvalue weighted by molar-refractivity contribution is 0.253. The highest BCUT2D eigenvalue weighted by atomic mass is 79.9. The van der Waals surface area contributed by atoms with E-state index >= 15 is 0 Å². The highest BCUT2D eigenvalue weighted by Gasteiger charge is 2.28. The van der Waals surface area contributed by atoms with Gasteiger partial charge in [0, 0.05) is 16.4 Å². The largest absolute Gasteiger partial charge is 0.494 e. The third kappa shape index (κ3) is 4.08. The first-order valence-corrected chi connectivity index (χ1v) is 8.13. The van der Waals surface area contributed by atoms with Crippen molar-refractivity contribution in [3.8, 4) is 5.75 Å². The maximum Gasteiger partial charge on any atom is 0.119 e. The zero-order valence-electron chi connectivity index (χ0n) is 12.4. The van der Waals surface area contributed by atoms with E-state index in [9.17, 15) is 0 Å². The average Bonchev–Trinajstić information content (AvgIpc) is 2.55. The molecule has 0 aromatic heterocycles. The summed E-state index contributed by atoms with van der Waals surface area (Å²) < 4.78 is 6.92. The zero-order valence-corrected chi connectivity index (χ0v) is 14.0. The fourth-order valence-corrected chi connectivity index (χ4v) is 2.84. The Morgan fingerprint density at radius 3 is 2.29 bits per heavy atom. The highest BCUT2D eigenvalue weighted by molar-refractivity contribution is 9.10. The van der Waals surface area contributed by atoms with Crippen LogP contribution in [0.25, 0.3) is 0 Å². The summed E-state index contributed by atoms with van der Waals surface area (Å²) in [6, 6.07) is 18.4. The molecule has 0 aliphatic rings. The summed E-state index contributed by atoms with van der Waals surface area (Å²) in [5, 5.41) is 0. The Morgan fingerprint density at radius 2 is 1.71 bits per heavy atom. The van der Waals surface area contributed by atoms with Crippen LogP contribution in [-0.4, -0.2) is 13.2 Å². The summed E-state index contributed by atoms with van der Waals surface area (Å²) in [6.07, 6.45) is 1.93. The number of halogens is 1. The second-order valence-electron chi connectivity index (χ2n) is 5.26. The standard InChI is InChI=1S/C18H22BrNO/c1-2-18(14-20,15-6-4-3-5-7-15)12-13-21-17-10-8-16(19)9-11-17/h3-11H,2,12-14,20H2,1H3. The van der Waals surface area contributed by atoms with Crippen LogP contribution in [0.3, 0.4) is 0 Å². The molecule has 2 aromatic rings. The molecule has 1 unspecified atom stereocenters. The first kappa shape index (κ1) is 16.1. The van der Waals surface area contributed by atoms with Crippen LogP contribution in [0.4, 0.5) is 0 Å². The van der Waals surface area contributed by atoms with E-state index in [4.69, 9.17) is 10.5 Å². The second-order valence-corrected chi connectivity index (χ2v) is 6.17. The van der Waals surface area contributed by atoms with E-state index in [1.54, 1.807) is 0 Å². The van der Waals surface area contributed by atoms with Crippen LogP contribution in [0, 0.1) is 0 Å². The summed E-state index contributed by atoms with van der Waals surface area (Å²) in [6.45, 7) is 3.50. The molecule has 0 amide bonds. The van der Waals surface area contributed by atoms with Gasteiger partial charge >= 0.3 is 0 Å². The molecule has 0 saturated heterocycles. The van der Waals surface area contributed by atoms with Gasteiger partial charge in [-0.2, -0.15) is 0 Å². The van der Waals surface area contributed by atoms with Crippen LogP contribution >= 0.6 is 15.9 Å². The molecule has 0 bridgehead atoms. The van der Waals surface area contributed by atoms with E-state index in [2.05, 4.69) is 47.1 Å². The smallest absolute Gasteiger partial charge is 0.119 e. The molecule has 0 fully saturated rings. The first-order valence-electron chi connectivity index (χ1n) is 7.34. The van der Waals surface area contributed by atoms with Gasteiger partial charge in [0.25, 0.3) is 0 Å². The van der Waals surface area contributed by atoms with Crippen molar-refractivity contribution in [1.82, 2.24) is 0 Å². The molecule has 2 N–H and O–H groups in total. The summed E-state index contributed by atoms with van der Waals surface area (Å²) >= 11 is 3.43. The van der Waals surface area contributed by atoms with Gasteiger partial charge in [0.15, 0.2) is 0 Å². The molecule has 0 aliphatic heterocycles. The molecular formula is C18H22BrNO. The minimum absolute atomic E-state index is 0.00335. The van der Waals surface area contributed by atoms with Crippen molar-refractivity contribution in [2.45, 2.75) is 25.2 Å². The predicted molar refractivity (Wildman–Crippen MR) is 91.7 cm³/mol. The van der Waals surface area contributed by atoms with Crippen molar-refractivity contribution in [3.05, 3.63) is 64.6 Å². The Labute approximate surface area is 135 Å². The Bertz CT molecular complexity index is 535. The van der Waals surface area contributed by atoms with Gasteiger partial charge < -0.3 is 10.5 Å². The molecule has 21 heavy (non-hydrogen) atoms. The SMILES string of the molecule is CCC(CN)(CCOc1ccc(Br)cc1)c1ccccc1. The van der Waals surface area contributed by atoms with Crippen LogP contribution in [-0.2, 0) is 5.41 Å². The monoisotopic (exact) mass is 347 g/mol. The Balaban J connectivity index is 2.02. The Kier molecular flexibility index (Phi) is 5.83. The highest BCUT2D eigenvalue weighted by Crippen LogP contribution is 2.31.